The van der Waals surface area contributed by atoms with Crippen LogP contribution in [0.4, 0.5) is 11.5 Å². The van der Waals surface area contributed by atoms with Crippen LogP contribution in [0, 0.1) is 12.8 Å². The Balaban J connectivity index is 1.64. The minimum Gasteiger partial charge on any atom is -0.454 e. The molecule has 0 aliphatic carbocycles. The summed E-state index contributed by atoms with van der Waals surface area (Å²) in [6.45, 7) is 3.27. The molecule has 1 fully saturated rings. The molecule has 3 atom stereocenters. The maximum absolute atomic E-state index is 13.3. The number of esters is 1. The molecule has 11 heteroatoms. The number of hydrogen-bond donors (Lipinski definition) is 1. The van der Waals surface area contributed by atoms with Crippen LogP contribution in [-0.2, 0) is 28.4 Å². The van der Waals surface area contributed by atoms with E-state index in [0.717, 1.165) is 19.6 Å². The summed E-state index contributed by atoms with van der Waals surface area (Å²) in [7, 11) is 2.56. The summed E-state index contributed by atoms with van der Waals surface area (Å²) < 4.78 is 7.24. The summed E-state index contributed by atoms with van der Waals surface area (Å²) >= 11 is 1.41. The van der Waals surface area contributed by atoms with E-state index in [9.17, 15) is 24.0 Å². The summed E-state index contributed by atoms with van der Waals surface area (Å²) in [4.78, 5) is 66.5. The Morgan fingerprint density at radius 1 is 1.08 bits per heavy atom. The van der Waals surface area contributed by atoms with Crippen molar-refractivity contribution in [3.05, 3.63) is 78.6 Å². The monoisotopic (exact) mass is 510 g/mol. The highest BCUT2D eigenvalue weighted by atomic mass is 32.1. The Morgan fingerprint density at radius 3 is 2.36 bits per heavy atom. The SMILES string of the molecule is Cc1ccc(N2C(=O)C[C@H](C(=O)O[C@@H](C)C(=O)c3c(N)n(C)c(=O)n(C)c3=O)[C@@H]2c2cccs2)cc1. The smallest absolute Gasteiger partial charge is 0.332 e. The lowest BCUT2D eigenvalue weighted by Gasteiger charge is -2.27. The Morgan fingerprint density at radius 2 is 1.75 bits per heavy atom. The first-order chi connectivity index (χ1) is 17.0. The fourth-order valence-electron chi connectivity index (χ4n) is 4.35. The minimum absolute atomic E-state index is 0.0973. The van der Waals surface area contributed by atoms with Gasteiger partial charge in [0.25, 0.3) is 5.56 Å². The molecule has 10 nitrogen and oxygen atoms in total. The fraction of sp³-hybridized carbons (Fsp3) is 0.320. The number of thiophene rings is 1. The molecule has 1 saturated heterocycles. The van der Waals surface area contributed by atoms with E-state index in [0.29, 0.717) is 5.69 Å². The topological polar surface area (TPSA) is 134 Å². The van der Waals surface area contributed by atoms with E-state index in [-0.39, 0.29) is 18.1 Å². The lowest BCUT2D eigenvalue weighted by Crippen LogP contribution is -2.43. The number of anilines is 2. The van der Waals surface area contributed by atoms with E-state index < -0.39 is 46.6 Å². The van der Waals surface area contributed by atoms with Crippen molar-refractivity contribution in [3.8, 4) is 0 Å². The quantitative estimate of drug-likeness (QED) is 0.396. The van der Waals surface area contributed by atoms with E-state index in [1.807, 2.05) is 48.7 Å². The van der Waals surface area contributed by atoms with Crippen molar-refractivity contribution in [1.82, 2.24) is 9.13 Å². The van der Waals surface area contributed by atoms with Crippen LogP contribution in [-0.4, -0.2) is 32.9 Å². The number of rotatable bonds is 6. The second kappa shape index (κ2) is 9.57. The molecule has 188 valence electrons. The van der Waals surface area contributed by atoms with Crippen LogP contribution in [0.1, 0.15) is 40.2 Å². The molecule has 1 aliphatic heterocycles. The molecule has 36 heavy (non-hydrogen) atoms. The summed E-state index contributed by atoms with van der Waals surface area (Å²) in [5, 5.41) is 1.86. The van der Waals surface area contributed by atoms with Gasteiger partial charge in [0, 0.05) is 31.1 Å². The molecule has 2 N–H and O–H groups in total. The molecule has 0 unspecified atom stereocenters. The Kier molecular flexibility index (Phi) is 6.68. The minimum atomic E-state index is -1.36. The first-order valence-corrected chi connectivity index (χ1v) is 12.1. The maximum atomic E-state index is 13.3. The molecule has 2 aromatic heterocycles. The van der Waals surface area contributed by atoms with Gasteiger partial charge >= 0.3 is 11.7 Å². The van der Waals surface area contributed by atoms with Gasteiger partial charge in [-0.1, -0.05) is 23.8 Å². The number of nitrogens with zero attached hydrogens (tertiary/aromatic N) is 3. The number of aryl methyl sites for hydroxylation is 1. The van der Waals surface area contributed by atoms with E-state index in [1.165, 1.54) is 32.4 Å². The summed E-state index contributed by atoms with van der Waals surface area (Å²) in [6, 6.07) is 10.5. The number of benzene rings is 1. The first kappa shape index (κ1) is 25.1. The number of nitrogens with two attached hydrogens (primary N) is 1. The van der Waals surface area contributed by atoms with Gasteiger partial charge in [-0.3, -0.25) is 28.3 Å². The van der Waals surface area contributed by atoms with Gasteiger partial charge in [-0.15, -0.1) is 11.3 Å². The van der Waals surface area contributed by atoms with Gasteiger partial charge in [0.1, 0.15) is 11.4 Å². The molecule has 1 aromatic carbocycles. The molecule has 1 amide bonds. The van der Waals surface area contributed by atoms with Crippen LogP contribution in [0.2, 0.25) is 0 Å². The maximum Gasteiger partial charge on any atom is 0.332 e. The average Bonchev–Trinajstić information content (AvgIpc) is 3.50. The van der Waals surface area contributed by atoms with Gasteiger partial charge in [0.05, 0.1) is 12.0 Å². The van der Waals surface area contributed by atoms with Gasteiger partial charge in [0.2, 0.25) is 11.7 Å². The van der Waals surface area contributed by atoms with Crippen molar-refractivity contribution in [3.63, 3.8) is 0 Å². The number of ketones is 1. The van der Waals surface area contributed by atoms with Crippen molar-refractivity contribution in [2.45, 2.75) is 32.4 Å². The Labute approximate surface area is 210 Å². The van der Waals surface area contributed by atoms with Crippen molar-refractivity contribution in [1.29, 1.82) is 0 Å². The molecular formula is C25H26N4O6S. The summed E-state index contributed by atoms with van der Waals surface area (Å²) in [5.41, 5.74) is 5.58. The van der Waals surface area contributed by atoms with Gasteiger partial charge < -0.3 is 15.4 Å². The molecule has 0 spiro atoms. The van der Waals surface area contributed by atoms with Crippen LogP contribution in [0.15, 0.2) is 51.4 Å². The zero-order valence-electron chi connectivity index (χ0n) is 20.3. The van der Waals surface area contributed by atoms with Gasteiger partial charge in [-0.25, -0.2) is 4.79 Å². The number of Topliss-reactive ketones (excluding diaryl/α,β-unsaturated/α-hetero) is 1. The fourth-order valence-corrected chi connectivity index (χ4v) is 5.23. The lowest BCUT2D eigenvalue weighted by molar-refractivity contribution is -0.151. The highest BCUT2D eigenvalue weighted by Crippen LogP contribution is 2.43. The Bertz CT molecular complexity index is 1460. The predicted molar refractivity (Wildman–Crippen MR) is 135 cm³/mol. The average molecular weight is 511 g/mol. The molecule has 1 aliphatic rings. The van der Waals surface area contributed by atoms with Gasteiger partial charge in [-0.05, 0) is 37.4 Å². The Hall–Kier alpha value is -3.99. The molecular weight excluding hydrogens is 484 g/mol. The number of carbonyl (C=O) groups is 3. The standard InChI is InChI=1S/C25H26N4O6S/c1-13-7-9-15(10-8-13)29-18(30)12-16(20(29)17-6-5-11-36-17)24(33)35-14(2)21(31)19-22(26)27(3)25(34)28(4)23(19)32/h5-11,14,16,20H,12,26H2,1-4H3/t14-,16-,20+/m0/s1. The van der Waals surface area contributed by atoms with Crippen molar-refractivity contribution >= 4 is 40.5 Å². The molecule has 0 bridgehead atoms. The third kappa shape index (κ3) is 4.26. The summed E-state index contributed by atoms with van der Waals surface area (Å²) in [5.74, 6) is -2.99. The lowest BCUT2D eigenvalue weighted by atomic mass is 9.98. The first-order valence-electron chi connectivity index (χ1n) is 11.2. The van der Waals surface area contributed by atoms with E-state index in [4.69, 9.17) is 10.5 Å². The molecule has 3 aromatic rings. The van der Waals surface area contributed by atoms with Crippen molar-refractivity contribution in [2.24, 2.45) is 20.0 Å². The van der Waals surface area contributed by atoms with Crippen molar-refractivity contribution in [2.75, 3.05) is 10.6 Å². The highest BCUT2D eigenvalue weighted by Gasteiger charge is 2.47. The molecule has 0 saturated carbocycles. The second-order valence-corrected chi connectivity index (χ2v) is 9.76. The third-order valence-corrected chi connectivity index (χ3v) is 7.33. The predicted octanol–water partition coefficient (Wildman–Crippen LogP) is 1.94. The second-order valence-electron chi connectivity index (χ2n) is 8.78. The number of nitrogen functional groups attached to an aromatic ring is 1. The summed E-state index contributed by atoms with van der Waals surface area (Å²) in [6.07, 6.45) is -1.46. The number of amides is 1. The number of aromatic nitrogens is 2. The van der Waals surface area contributed by atoms with E-state index in [1.54, 1.807) is 4.90 Å². The number of carbonyl (C=O) groups excluding carboxylic acids is 3. The largest absolute Gasteiger partial charge is 0.454 e. The number of ether oxygens (including phenoxy) is 1. The molecule has 3 heterocycles. The van der Waals surface area contributed by atoms with Crippen LogP contribution in [0.3, 0.4) is 0 Å². The van der Waals surface area contributed by atoms with Crippen molar-refractivity contribution < 1.29 is 19.1 Å². The zero-order chi connectivity index (χ0) is 26.3. The highest BCUT2D eigenvalue weighted by molar-refractivity contribution is 7.10. The zero-order valence-corrected chi connectivity index (χ0v) is 21.1. The van der Waals surface area contributed by atoms with E-state index >= 15 is 0 Å². The molecule has 4 rings (SSSR count). The molecule has 0 radical (unpaired) electrons. The van der Waals surface area contributed by atoms with Crippen LogP contribution >= 0.6 is 11.3 Å². The van der Waals surface area contributed by atoms with Crippen LogP contribution in [0.25, 0.3) is 0 Å². The third-order valence-electron chi connectivity index (χ3n) is 6.39. The normalized spacial score (nSPS) is 18.3. The van der Waals surface area contributed by atoms with E-state index in [2.05, 4.69) is 0 Å². The van der Waals surface area contributed by atoms with Crippen LogP contribution in [0.5, 0.6) is 0 Å². The van der Waals surface area contributed by atoms with Crippen LogP contribution < -0.4 is 21.9 Å². The van der Waals surface area contributed by atoms with Gasteiger partial charge in [0.15, 0.2) is 6.10 Å². The van der Waals surface area contributed by atoms with Gasteiger partial charge in [-0.2, -0.15) is 0 Å². The number of hydrogen-bond acceptors (Lipinski definition) is 8.